The molecule has 1 fully saturated rings. The number of ether oxygens (including phenoxy) is 2. The van der Waals surface area contributed by atoms with Gasteiger partial charge in [0.2, 0.25) is 0 Å². The van der Waals surface area contributed by atoms with Gasteiger partial charge in [-0.05, 0) is 82.7 Å². The number of aryl methyl sites for hydroxylation is 1. The average molecular weight is 466 g/mol. The summed E-state index contributed by atoms with van der Waals surface area (Å²) < 4.78 is 49.3. The lowest BCUT2D eigenvalue weighted by atomic mass is 10.0. The zero-order valence-electron chi connectivity index (χ0n) is 19.1. The summed E-state index contributed by atoms with van der Waals surface area (Å²) in [5.74, 6) is -1.58. The van der Waals surface area contributed by atoms with Crippen LogP contribution in [0.5, 0.6) is 11.5 Å². The van der Waals surface area contributed by atoms with Gasteiger partial charge in [0.1, 0.15) is 5.82 Å². The van der Waals surface area contributed by atoms with Crippen LogP contribution in [0.3, 0.4) is 0 Å². The molecule has 2 heterocycles. The highest BCUT2D eigenvalue weighted by atomic mass is 19.4. The Hall–Kier alpha value is -2.55. The van der Waals surface area contributed by atoms with Gasteiger partial charge >= 0.3 is 12.1 Å². The Labute approximate surface area is 191 Å². The number of anilines is 1. The van der Waals surface area contributed by atoms with E-state index in [4.69, 9.17) is 14.5 Å². The van der Waals surface area contributed by atoms with Gasteiger partial charge in [-0.25, -0.2) is 9.78 Å². The first kappa shape index (κ1) is 23.6. The normalized spacial score (nSPS) is 16.4. The highest BCUT2D eigenvalue weighted by Crippen LogP contribution is 2.40. The van der Waals surface area contributed by atoms with E-state index in [9.17, 15) is 18.0 Å². The molecule has 0 atom stereocenters. The number of rotatable bonds is 8. The van der Waals surface area contributed by atoms with Crippen LogP contribution in [0.15, 0.2) is 12.1 Å². The quantitative estimate of drug-likeness (QED) is 0.341. The van der Waals surface area contributed by atoms with Gasteiger partial charge in [0.15, 0.2) is 11.5 Å². The number of benzene rings is 1. The first-order chi connectivity index (χ1) is 15.7. The van der Waals surface area contributed by atoms with E-state index in [1.807, 2.05) is 13.8 Å². The van der Waals surface area contributed by atoms with Crippen molar-refractivity contribution in [2.45, 2.75) is 64.6 Å². The molecular formula is C24H30F3N3O3. The molecule has 1 aromatic heterocycles. The molecule has 1 aliphatic heterocycles. The number of carbonyl (C=O) groups is 1. The summed E-state index contributed by atoms with van der Waals surface area (Å²) in [5.41, 5.74) is 2.72. The number of hydrogen-bond donors (Lipinski definition) is 1. The summed E-state index contributed by atoms with van der Waals surface area (Å²) >= 11 is 0. The van der Waals surface area contributed by atoms with Crippen LogP contribution in [-0.2, 0) is 17.6 Å². The SMILES string of the molecule is CC(C)Nc1nc2cc(OCCCN3CCCC3)c(OC(=O)C(F)(F)F)cc2c2c1CCC2. The highest BCUT2D eigenvalue weighted by molar-refractivity contribution is 5.90. The van der Waals surface area contributed by atoms with Crippen molar-refractivity contribution in [3.8, 4) is 11.5 Å². The Kier molecular flexibility index (Phi) is 6.97. The average Bonchev–Trinajstić information content (AvgIpc) is 3.43. The van der Waals surface area contributed by atoms with Gasteiger partial charge in [0.05, 0.1) is 12.1 Å². The van der Waals surface area contributed by atoms with Crippen LogP contribution in [0, 0.1) is 0 Å². The van der Waals surface area contributed by atoms with Crippen molar-refractivity contribution >= 4 is 22.7 Å². The number of fused-ring (bicyclic) bond motifs is 3. The molecule has 0 saturated carbocycles. The molecule has 4 rings (SSSR count). The summed E-state index contributed by atoms with van der Waals surface area (Å²) in [6.45, 7) is 7.35. The molecule has 180 valence electrons. The van der Waals surface area contributed by atoms with E-state index in [1.165, 1.54) is 18.9 Å². The van der Waals surface area contributed by atoms with Crippen molar-refractivity contribution in [2.24, 2.45) is 0 Å². The van der Waals surface area contributed by atoms with Crippen molar-refractivity contribution < 1.29 is 27.4 Å². The van der Waals surface area contributed by atoms with Gasteiger partial charge in [-0.3, -0.25) is 0 Å². The molecule has 1 N–H and O–H groups in total. The van der Waals surface area contributed by atoms with Crippen LogP contribution in [0.1, 0.15) is 50.7 Å². The number of nitrogens with zero attached hydrogens (tertiary/aromatic N) is 2. The molecule has 0 bridgehead atoms. The number of carbonyl (C=O) groups excluding carboxylic acids is 1. The molecule has 2 aliphatic rings. The fraction of sp³-hybridized carbons (Fsp3) is 0.583. The lowest BCUT2D eigenvalue weighted by molar-refractivity contribution is -0.189. The van der Waals surface area contributed by atoms with Gasteiger partial charge in [-0.1, -0.05) is 0 Å². The first-order valence-corrected chi connectivity index (χ1v) is 11.6. The third-order valence-corrected chi connectivity index (χ3v) is 6.06. The van der Waals surface area contributed by atoms with Crippen molar-refractivity contribution in [3.63, 3.8) is 0 Å². The van der Waals surface area contributed by atoms with Gasteiger partial charge < -0.3 is 19.7 Å². The van der Waals surface area contributed by atoms with E-state index in [0.717, 1.165) is 62.3 Å². The molecule has 0 radical (unpaired) electrons. The summed E-state index contributed by atoms with van der Waals surface area (Å²) in [6, 6.07) is 3.26. The van der Waals surface area contributed by atoms with E-state index >= 15 is 0 Å². The maximum absolute atomic E-state index is 12.9. The van der Waals surface area contributed by atoms with Crippen molar-refractivity contribution in [1.29, 1.82) is 0 Å². The molecule has 0 spiro atoms. The number of alkyl halides is 3. The molecule has 0 unspecified atom stereocenters. The smallest absolute Gasteiger partial charge is 0.490 e. The lowest BCUT2D eigenvalue weighted by Gasteiger charge is -2.18. The molecule has 0 amide bonds. The summed E-state index contributed by atoms with van der Waals surface area (Å²) in [6.07, 6.45) is 0.589. The fourth-order valence-electron chi connectivity index (χ4n) is 4.59. The monoisotopic (exact) mass is 465 g/mol. The minimum Gasteiger partial charge on any atom is -0.490 e. The van der Waals surface area contributed by atoms with Gasteiger partial charge in [-0.15, -0.1) is 0 Å². The second-order valence-electron chi connectivity index (χ2n) is 9.02. The Balaban J connectivity index is 1.65. The maximum atomic E-state index is 12.9. The molecule has 33 heavy (non-hydrogen) atoms. The Morgan fingerprint density at radius 2 is 1.85 bits per heavy atom. The number of esters is 1. The van der Waals surface area contributed by atoms with Crippen molar-refractivity contribution in [2.75, 3.05) is 31.6 Å². The van der Waals surface area contributed by atoms with Crippen LogP contribution in [0.4, 0.5) is 19.0 Å². The van der Waals surface area contributed by atoms with Gasteiger partial charge in [0.25, 0.3) is 0 Å². The molecular weight excluding hydrogens is 435 g/mol. The fourth-order valence-corrected chi connectivity index (χ4v) is 4.59. The van der Waals surface area contributed by atoms with Crippen LogP contribution in [-0.4, -0.2) is 54.3 Å². The Morgan fingerprint density at radius 1 is 1.12 bits per heavy atom. The van der Waals surface area contributed by atoms with E-state index in [0.29, 0.717) is 17.5 Å². The number of halogens is 3. The number of pyridine rings is 1. The predicted octanol–water partition coefficient (Wildman–Crippen LogP) is 4.88. The van der Waals surface area contributed by atoms with Gasteiger partial charge in [-0.2, -0.15) is 13.2 Å². The van der Waals surface area contributed by atoms with E-state index in [-0.39, 0.29) is 17.5 Å². The largest absolute Gasteiger partial charge is 0.491 e. The van der Waals surface area contributed by atoms with Crippen molar-refractivity contribution in [3.05, 3.63) is 23.3 Å². The van der Waals surface area contributed by atoms with E-state index in [1.54, 1.807) is 6.07 Å². The molecule has 9 heteroatoms. The summed E-state index contributed by atoms with van der Waals surface area (Å²) in [5, 5.41) is 4.08. The number of hydrogen-bond acceptors (Lipinski definition) is 6. The highest BCUT2D eigenvalue weighted by Gasteiger charge is 2.42. The van der Waals surface area contributed by atoms with Gasteiger partial charge in [0, 0.05) is 24.0 Å². The van der Waals surface area contributed by atoms with E-state index in [2.05, 4.69) is 10.2 Å². The number of aromatic nitrogens is 1. The second-order valence-corrected chi connectivity index (χ2v) is 9.02. The topological polar surface area (TPSA) is 63.7 Å². The molecule has 6 nitrogen and oxygen atoms in total. The minimum atomic E-state index is -5.09. The Morgan fingerprint density at radius 3 is 2.55 bits per heavy atom. The predicted molar refractivity (Wildman–Crippen MR) is 120 cm³/mol. The second kappa shape index (κ2) is 9.75. The standard InChI is InChI=1S/C24H30F3N3O3/c1-15(2)28-22-17-8-5-7-16(17)18-13-21(33-23(31)24(25,26)27)20(14-19(18)29-22)32-12-6-11-30-9-3-4-10-30/h13-15H,3-12H2,1-2H3,(H,28,29). The van der Waals surface area contributed by atoms with Crippen molar-refractivity contribution in [1.82, 2.24) is 9.88 Å². The van der Waals surface area contributed by atoms with Crippen LogP contribution in [0.2, 0.25) is 0 Å². The third-order valence-electron chi connectivity index (χ3n) is 6.06. The zero-order valence-corrected chi connectivity index (χ0v) is 19.1. The molecule has 1 aliphatic carbocycles. The number of likely N-dealkylation sites (tertiary alicyclic amines) is 1. The molecule has 1 saturated heterocycles. The lowest BCUT2D eigenvalue weighted by Crippen LogP contribution is -2.28. The summed E-state index contributed by atoms with van der Waals surface area (Å²) in [7, 11) is 0. The third kappa shape index (κ3) is 5.51. The number of nitrogens with one attached hydrogen (secondary N) is 1. The molecule has 2 aromatic rings. The van der Waals surface area contributed by atoms with E-state index < -0.39 is 12.1 Å². The minimum absolute atomic E-state index is 0.0995. The Bertz CT molecular complexity index is 1020. The zero-order chi connectivity index (χ0) is 23.6. The molecule has 1 aromatic carbocycles. The maximum Gasteiger partial charge on any atom is 0.491 e. The van der Waals surface area contributed by atoms with Crippen LogP contribution >= 0.6 is 0 Å². The van der Waals surface area contributed by atoms with Crippen LogP contribution < -0.4 is 14.8 Å². The van der Waals surface area contributed by atoms with Crippen LogP contribution in [0.25, 0.3) is 10.9 Å². The first-order valence-electron chi connectivity index (χ1n) is 11.6. The summed E-state index contributed by atoms with van der Waals surface area (Å²) in [4.78, 5) is 18.7.